The van der Waals surface area contributed by atoms with E-state index in [2.05, 4.69) is 15.3 Å². The molecule has 0 aliphatic carbocycles. The minimum atomic E-state index is -0.314. The molecule has 0 unspecified atom stereocenters. The van der Waals surface area contributed by atoms with E-state index in [4.69, 9.17) is 0 Å². The van der Waals surface area contributed by atoms with Gasteiger partial charge in [-0.25, -0.2) is 9.97 Å². The van der Waals surface area contributed by atoms with Crippen LogP contribution in [0.3, 0.4) is 0 Å². The number of amides is 1. The van der Waals surface area contributed by atoms with Crippen molar-refractivity contribution in [3.05, 3.63) is 95.7 Å². The Morgan fingerprint density at radius 2 is 1.50 bits per heavy atom. The van der Waals surface area contributed by atoms with Gasteiger partial charge in [0.2, 0.25) is 5.91 Å². The maximum absolute atomic E-state index is 12.6. The first-order chi connectivity index (χ1) is 14.7. The lowest BCUT2D eigenvalue weighted by Crippen LogP contribution is -2.27. The third kappa shape index (κ3) is 3.22. The number of carbonyl (C=O) groups is 1. The Balaban J connectivity index is 1.36. The predicted octanol–water partition coefficient (Wildman–Crippen LogP) is 3.37. The van der Waals surface area contributed by atoms with Crippen molar-refractivity contribution in [1.29, 1.82) is 0 Å². The maximum Gasteiger partial charge on any atom is 0.269 e. The molecule has 0 fully saturated rings. The van der Waals surface area contributed by atoms with E-state index in [0.29, 0.717) is 16.7 Å². The molecule has 5 rings (SSSR count). The summed E-state index contributed by atoms with van der Waals surface area (Å²) in [6.07, 6.45) is 3.01. The van der Waals surface area contributed by atoms with E-state index in [-0.39, 0.29) is 18.0 Å². The molecule has 1 amide bonds. The number of hydrogen-bond donors (Lipinski definition) is 1. The summed E-state index contributed by atoms with van der Waals surface area (Å²) in [5, 5.41) is 2.85. The summed E-state index contributed by atoms with van der Waals surface area (Å²) in [4.78, 5) is 33.3. The van der Waals surface area contributed by atoms with E-state index in [1.807, 2.05) is 71.3 Å². The van der Waals surface area contributed by atoms with Crippen LogP contribution in [0, 0.1) is 0 Å². The van der Waals surface area contributed by atoms with E-state index in [0.717, 1.165) is 16.7 Å². The van der Waals surface area contributed by atoms with Gasteiger partial charge in [-0.2, -0.15) is 0 Å². The van der Waals surface area contributed by atoms with E-state index in [1.165, 1.54) is 10.8 Å². The van der Waals surface area contributed by atoms with Crippen molar-refractivity contribution in [2.45, 2.75) is 6.54 Å². The molecule has 0 spiro atoms. The number of carbonyl (C=O) groups excluding carboxylic acids is 1. The third-order valence-corrected chi connectivity index (χ3v) is 4.94. The van der Waals surface area contributed by atoms with Gasteiger partial charge in [-0.05, 0) is 48.5 Å². The lowest BCUT2D eigenvalue weighted by molar-refractivity contribution is -0.116. The SMILES string of the molecule is O=C(Cn1c(=O)cnc2ccccc21)Nc1ccc(-n2cnc3ccccc32)cc1. The molecule has 3 aromatic carbocycles. The van der Waals surface area contributed by atoms with Crippen LogP contribution < -0.4 is 10.9 Å². The van der Waals surface area contributed by atoms with Crippen molar-refractivity contribution in [1.82, 2.24) is 19.1 Å². The molecule has 146 valence electrons. The van der Waals surface area contributed by atoms with E-state index >= 15 is 0 Å². The fourth-order valence-corrected chi connectivity index (χ4v) is 3.49. The Morgan fingerprint density at radius 1 is 0.833 bits per heavy atom. The zero-order valence-electron chi connectivity index (χ0n) is 15.9. The number of benzene rings is 3. The summed E-state index contributed by atoms with van der Waals surface area (Å²) < 4.78 is 3.41. The molecule has 0 bridgehead atoms. The number of rotatable bonds is 4. The lowest BCUT2D eigenvalue weighted by Gasteiger charge is -2.11. The monoisotopic (exact) mass is 395 g/mol. The van der Waals surface area contributed by atoms with E-state index in [1.54, 1.807) is 12.4 Å². The molecule has 0 atom stereocenters. The minimum Gasteiger partial charge on any atom is -0.325 e. The normalized spacial score (nSPS) is 11.1. The van der Waals surface area contributed by atoms with Crippen molar-refractivity contribution in [3.8, 4) is 5.69 Å². The molecule has 30 heavy (non-hydrogen) atoms. The van der Waals surface area contributed by atoms with Crippen LogP contribution in [0.5, 0.6) is 0 Å². The van der Waals surface area contributed by atoms with Gasteiger partial charge in [0.1, 0.15) is 12.9 Å². The molecule has 2 aromatic heterocycles. The summed E-state index contributed by atoms with van der Waals surface area (Å²) in [5.74, 6) is -0.283. The van der Waals surface area contributed by atoms with Gasteiger partial charge in [0.05, 0.1) is 28.3 Å². The number of fused-ring (bicyclic) bond motifs is 2. The van der Waals surface area contributed by atoms with Crippen LogP contribution in [0.1, 0.15) is 0 Å². The molecule has 0 aliphatic heterocycles. The van der Waals surface area contributed by atoms with Gasteiger partial charge in [-0.15, -0.1) is 0 Å². The van der Waals surface area contributed by atoms with E-state index < -0.39 is 0 Å². The molecular weight excluding hydrogens is 378 g/mol. The third-order valence-electron chi connectivity index (χ3n) is 4.94. The van der Waals surface area contributed by atoms with Gasteiger partial charge in [-0.1, -0.05) is 24.3 Å². The van der Waals surface area contributed by atoms with Crippen molar-refractivity contribution >= 4 is 33.7 Å². The van der Waals surface area contributed by atoms with Crippen LogP contribution in [-0.2, 0) is 11.3 Å². The van der Waals surface area contributed by atoms with Crippen molar-refractivity contribution in [2.75, 3.05) is 5.32 Å². The van der Waals surface area contributed by atoms with Crippen molar-refractivity contribution < 1.29 is 4.79 Å². The number of aromatic nitrogens is 4. The smallest absolute Gasteiger partial charge is 0.269 e. The Hall–Kier alpha value is -4.26. The van der Waals surface area contributed by atoms with Gasteiger partial charge >= 0.3 is 0 Å². The summed E-state index contributed by atoms with van der Waals surface area (Å²) in [6.45, 7) is -0.0875. The van der Waals surface area contributed by atoms with Crippen LogP contribution in [0.4, 0.5) is 5.69 Å². The topological polar surface area (TPSA) is 81.8 Å². The Morgan fingerprint density at radius 3 is 2.27 bits per heavy atom. The van der Waals surface area contributed by atoms with E-state index in [9.17, 15) is 9.59 Å². The first-order valence-corrected chi connectivity index (χ1v) is 9.46. The quantitative estimate of drug-likeness (QED) is 0.506. The molecule has 0 aliphatic rings. The van der Waals surface area contributed by atoms with Crippen LogP contribution in [0.15, 0.2) is 90.1 Å². The molecule has 0 radical (unpaired) electrons. The highest BCUT2D eigenvalue weighted by Gasteiger charge is 2.10. The van der Waals surface area contributed by atoms with Crippen LogP contribution in [0.25, 0.3) is 27.8 Å². The molecule has 7 heteroatoms. The number of nitrogens with one attached hydrogen (secondary N) is 1. The van der Waals surface area contributed by atoms with Gasteiger partial charge in [-0.3, -0.25) is 18.7 Å². The lowest BCUT2D eigenvalue weighted by atomic mass is 10.2. The largest absolute Gasteiger partial charge is 0.325 e. The number of imidazole rings is 1. The highest BCUT2D eigenvalue weighted by Crippen LogP contribution is 2.19. The average Bonchev–Trinajstić information content (AvgIpc) is 3.20. The zero-order chi connectivity index (χ0) is 20.5. The highest BCUT2D eigenvalue weighted by molar-refractivity contribution is 5.91. The molecule has 2 heterocycles. The standard InChI is InChI=1S/C23H17N5O2/c29-22(14-27-20-7-3-1-5-18(20)24-13-23(27)30)26-16-9-11-17(12-10-16)28-15-25-19-6-2-4-8-21(19)28/h1-13,15H,14H2,(H,26,29). The maximum atomic E-state index is 12.6. The Kier molecular flexibility index (Phi) is 4.33. The zero-order valence-corrected chi connectivity index (χ0v) is 15.9. The Bertz CT molecular complexity index is 1430. The van der Waals surface area contributed by atoms with Gasteiger partial charge in [0.15, 0.2) is 0 Å². The number of hydrogen-bond acceptors (Lipinski definition) is 4. The number of nitrogens with zero attached hydrogens (tertiary/aromatic N) is 4. The van der Waals surface area contributed by atoms with Gasteiger partial charge < -0.3 is 5.32 Å². The molecule has 1 N–H and O–H groups in total. The van der Waals surface area contributed by atoms with Gasteiger partial charge in [0.25, 0.3) is 5.56 Å². The highest BCUT2D eigenvalue weighted by atomic mass is 16.2. The van der Waals surface area contributed by atoms with Crippen LogP contribution in [0.2, 0.25) is 0 Å². The van der Waals surface area contributed by atoms with Crippen LogP contribution >= 0.6 is 0 Å². The van der Waals surface area contributed by atoms with Crippen LogP contribution in [-0.4, -0.2) is 25.0 Å². The summed E-state index contributed by atoms with van der Waals surface area (Å²) in [7, 11) is 0. The number of para-hydroxylation sites is 4. The second-order valence-electron chi connectivity index (χ2n) is 6.87. The second-order valence-corrected chi connectivity index (χ2v) is 6.87. The number of anilines is 1. The molecule has 7 nitrogen and oxygen atoms in total. The fourth-order valence-electron chi connectivity index (χ4n) is 3.49. The summed E-state index contributed by atoms with van der Waals surface area (Å²) >= 11 is 0. The van der Waals surface area contributed by atoms with Crippen molar-refractivity contribution in [3.63, 3.8) is 0 Å². The summed E-state index contributed by atoms with van der Waals surface area (Å²) in [6, 6.07) is 22.6. The van der Waals surface area contributed by atoms with Crippen molar-refractivity contribution in [2.24, 2.45) is 0 Å². The first kappa shape index (κ1) is 17.8. The minimum absolute atomic E-state index is 0.0875. The average molecular weight is 395 g/mol. The predicted molar refractivity (Wildman–Crippen MR) is 116 cm³/mol. The van der Waals surface area contributed by atoms with Gasteiger partial charge in [0, 0.05) is 11.4 Å². The molecule has 0 saturated carbocycles. The fraction of sp³-hybridized carbons (Fsp3) is 0.0435. The molecule has 5 aromatic rings. The second kappa shape index (κ2) is 7.29. The first-order valence-electron chi connectivity index (χ1n) is 9.46. The molecular formula is C23H17N5O2. The molecule has 0 saturated heterocycles. The Labute approximate surface area is 171 Å². The summed E-state index contributed by atoms with van der Waals surface area (Å²) in [5.41, 5.74) is 4.51.